The minimum atomic E-state index is -0.383. The summed E-state index contributed by atoms with van der Waals surface area (Å²) in [6.45, 7) is 12.2. The number of amides is 1. The molecule has 0 spiro atoms. The van der Waals surface area contributed by atoms with Crippen LogP contribution in [0.2, 0.25) is 0 Å². The number of carbonyl (C=O) groups is 1. The first kappa shape index (κ1) is 22.0. The Kier molecular flexibility index (Phi) is 8.98. The Balaban J connectivity index is 3.00. The normalized spacial score (nSPS) is 24.9. The van der Waals surface area contributed by atoms with Crippen LogP contribution in [0.3, 0.4) is 0 Å². The highest BCUT2D eigenvalue weighted by Gasteiger charge is 2.37. The van der Waals surface area contributed by atoms with Crippen molar-refractivity contribution in [1.82, 2.24) is 4.90 Å². The summed E-state index contributed by atoms with van der Waals surface area (Å²) in [4.78, 5) is 14.3. The summed E-state index contributed by atoms with van der Waals surface area (Å²) >= 11 is 0. The predicted molar refractivity (Wildman–Crippen MR) is 103 cm³/mol. The fourth-order valence-corrected chi connectivity index (χ4v) is 3.97. The Bertz CT molecular complexity index is 436. The Labute approximate surface area is 154 Å². The summed E-state index contributed by atoms with van der Waals surface area (Å²) in [5, 5.41) is 10.8. The SMILES string of the molecule is CCC[C@@H](O)[C@@]1(C)CCCCCC/C1=C\OC(=O)N(C(C)C)C(C)C. The zero-order chi connectivity index (χ0) is 19.0. The lowest BCUT2D eigenvalue weighted by Gasteiger charge is -2.38. The molecule has 1 aliphatic carbocycles. The van der Waals surface area contributed by atoms with E-state index in [1.807, 2.05) is 27.7 Å². The second-order valence-corrected chi connectivity index (χ2v) is 8.26. The molecule has 0 heterocycles. The molecule has 0 aromatic rings. The Hall–Kier alpha value is -1.03. The molecule has 0 aromatic carbocycles. The van der Waals surface area contributed by atoms with Crippen molar-refractivity contribution in [3.05, 3.63) is 11.8 Å². The number of nitrogens with zero attached hydrogens (tertiary/aromatic N) is 1. The van der Waals surface area contributed by atoms with Gasteiger partial charge in [-0.05, 0) is 59.0 Å². The van der Waals surface area contributed by atoms with E-state index in [0.29, 0.717) is 0 Å². The number of aliphatic hydroxyl groups is 1. The monoisotopic (exact) mass is 353 g/mol. The summed E-state index contributed by atoms with van der Waals surface area (Å²) in [5.74, 6) is 0. The number of carbonyl (C=O) groups excluding carboxylic acids is 1. The summed E-state index contributed by atoms with van der Waals surface area (Å²) in [5.41, 5.74) is 0.797. The molecule has 0 bridgehead atoms. The second kappa shape index (κ2) is 10.2. The van der Waals surface area contributed by atoms with Crippen LogP contribution in [0.25, 0.3) is 0 Å². The largest absolute Gasteiger partial charge is 0.418 e. The van der Waals surface area contributed by atoms with Crippen molar-refractivity contribution in [3.63, 3.8) is 0 Å². The number of hydrogen-bond donors (Lipinski definition) is 1. The highest BCUT2D eigenvalue weighted by molar-refractivity contribution is 5.69. The minimum Gasteiger partial charge on any atom is -0.418 e. The molecule has 4 heteroatoms. The summed E-state index contributed by atoms with van der Waals surface area (Å²) in [6.07, 6.45) is 9.20. The van der Waals surface area contributed by atoms with E-state index in [9.17, 15) is 9.90 Å². The van der Waals surface area contributed by atoms with Crippen LogP contribution in [0.15, 0.2) is 11.8 Å². The third kappa shape index (κ3) is 6.02. The topological polar surface area (TPSA) is 49.8 Å². The van der Waals surface area contributed by atoms with E-state index in [0.717, 1.165) is 44.1 Å². The Morgan fingerprint density at radius 1 is 1.20 bits per heavy atom. The van der Waals surface area contributed by atoms with Crippen molar-refractivity contribution in [1.29, 1.82) is 0 Å². The van der Waals surface area contributed by atoms with Crippen molar-refractivity contribution in [2.75, 3.05) is 0 Å². The van der Waals surface area contributed by atoms with Crippen LogP contribution in [-0.2, 0) is 4.74 Å². The van der Waals surface area contributed by atoms with Gasteiger partial charge in [-0.1, -0.05) is 39.5 Å². The number of hydrogen-bond acceptors (Lipinski definition) is 3. The van der Waals surface area contributed by atoms with Gasteiger partial charge >= 0.3 is 6.09 Å². The Morgan fingerprint density at radius 2 is 1.80 bits per heavy atom. The highest BCUT2D eigenvalue weighted by Crippen LogP contribution is 2.42. The van der Waals surface area contributed by atoms with Gasteiger partial charge in [-0.15, -0.1) is 0 Å². The van der Waals surface area contributed by atoms with Gasteiger partial charge in [0, 0.05) is 17.5 Å². The van der Waals surface area contributed by atoms with Crippen LogP contribution in [0.4, 0.5) is 4.79 Å². The Morgan fingerprint density at radius 3 is 2.36 bits per heavy atom. The van der Waals surface area contributed by atoms with E-state index in [-0.39, 0.29) is 29.7 Å². The lowest BCUT2D eigenvalue weighted by atomic mass is 9.69. The molecule has 0 saturated heterocycles. The zero-order valence-corrected chi connectivity index (χ0v) is 17.2. The third-order valence-electron chi connectivity index (χ3n) is 5.55. The smallest absolute Gasteiger partial charge is 0.415 e. The van der Waals surface area contributed by atoms with E-state index >= 15 is 0 Å². The van der Waals surface area contributed by atoms with Gasteiger partial charge in [0.2, 0.25) is 0 Å². The van der Waals surface area contributed by atoms with E-state index < -0.39 is 0 Å². The minimum absolute atomic E-state index is 0.0975. The molecule has 0 unspecified atom stereocenters. The van der Waals surface area contributed by atoms with Crippen molar-refractivity contribution >= 4 is 6.09 Å². The highest BCUT2D eigenvalue weighted by atomic mass is 16.5. The van der Waals surface area contributed by atoms with E-state index in [1.54, 1.807) is 11.2 Å². The van der Waals surface area contributed by atoms with Gasteiger partial charge in [0.25, 0.3) is 0 Å². The molecule has 1 amide bonds. The van der Waals surface area contributed by atoms with Crippen molar-refractivity contribution in [2.45, 2.75) is 111 Å². The molecule has 1 rings (SSSR count). The number of ether oxygens (including phenoxy) is 1. The molecule has 0 aromatic heterocycles. The lowest BCUT2D eigenvalue weighted by molar-refractivity contribution is 0.0393. The molecule has 0 aliphatic heterocycles. The summed E-state index contributed by atoms with van der Waals surface area (Å²) < 4.78 is 5.60. The third-order valence-corrected chi connectivity index (χ3v) is 5.55. The maximum absolute atomic E-state index is 12.5. The molecule has 1 N–H and O–H groups in total. The fourth-order valence-electron chi connectivity index (χ4n) is 3.97. The number of rotatable bonds is 6. The molecule has 1 fully saturated rings. The number of aliphatic hydroxyl groups excluding tert-OH is 1. The molecule has 0 radical (unpaired) electrons. The summed E-state index contributed by atoms with van der Waals surface area (Å²) in [7, 11) is 0. The molecular weight excluding hydrogens is 314 g/mol. The van der Waals surface area contributed by atoms with Gasteiger partial charge in [0.05, 0.1) is 12.4 Å². The van der Waals surface area contributed by atoms with Crippen LogP contribution in [-0.4, -0.2) is 34.3 Å². The van der Waals surface area contributed by atoms with Crippen LogP contribution < -0.4 is 0 Å². The van der Waals surface area contributed by atoms with E-state index in [1.165, 1.54) is 12.8 Å². The molecule has 1 aliphatic rings. The first-order valence-corrected chi connectivity index (χ1v) is 10.1. The molecule has 1 saturated carbocycles. The van der Waals surface area contributed by atoms with Crippen LogP contribution in [0, 0.1) is 5.41 Å². The van der Waals surface area contributed by atoms with Crippen LogP contribution >= 0.6 is 0 Å². The molecule has 146 valence electrons. The van der Waals surface area contributed by atoms with Gasteiger partial charge in [0.15, 0.2) is 0 Å². The fraction of sp³-hybridized carbons (Fsp3) is 0.857. The molecule has 2 atom stereocenters. The average molecular weight is 354 g/mol. The first-order chi connectivity index (χ1) is 11.7. The van der Waals surface area contributed by atoms with Crippen LogP contribution in [0.1, 0.15) is 92.9 Å². The molecular formula is C21H39NO3. The average Bonchev–Trinajstić information content (AvgIpc) is 2.50. The van der Waals surface area contributed by atoms with Crippen LogP contribution in [0.5, 0.6) is 0 Å². The van der Waals surface area contributed by atoms with Gasteiger partial charge in [0.1, 0.15) is 0 Å². The maximum atomic E-state index is 12.5. The van der Waals surface area contributed by atoms with Gasteiger partial charge in [-0.25, -0.2) is 4.79 Å². The quantitative estimate of drug-likeness (QED) is 0.628. The van der Waals surface area contributed by atoms with Gasteiger partial charge in [-0.2, -0.15) is 0 Å². The lowest BCUT2D eigenvalue weighted by Crippen LogP contribution is -2.42. The first-order valence-electron chi connectivity index (χ1n) is 10.1. The molecule has 4 nitrogen and oxygen atoms in total. The molecule has 25 heavy (non-hydrogen) atoms. The predicted octanol–water partition coefficient (Wildman–Crippen LogP) is 5.65. The van der Waals surface area contributed by atoms with Gasteiger partial charge < -0.3 is 14.7 Å². The standard InChI is InChI=1S/C21H39NO3/c1-7-12-19(23)21(6)14-11-9-8-10-13-18(21)15-25-20(24)22(16(2)3)17(4)5/h15-17,19,23H,7-14H2,1-6H3/b18-15+/t19-,21+/m1/s1. The maximum Gasteiger partial charge on any atom is 0.415 e. The van der Waals surface area contributed by atoms with Gasteiger partial charge in [-0.3, -0.25) is 0 Å². The van der Waals surface area contributed by atoms with E-state index in [2.05, 4.69) is 13.8 Å². The van der Waals surface area contributed by atoms with Crippen molar-refractivity contribution < 1.29 is 14.6 Å². The van der Waals surface area contributed by atoms with Crippen molar-refractivity contribution in [3.8, 4) is 0 Å². The zero-order valence-electron chi connectivity index (χ0n) is 17.2. The van der Waals surface area contributed by atoms with Crippen molar-refractivity contribution in [2.24, 2.45) is 5.41 Å². The summed E-state index contributed by atoms with van der Waals surface area (Å²) in [6, 6.07) is 0.195. The van der Waals surface area contributed by atoms with E-state index in [4.69, 9.17) is 4.74 Å². The second-order valence-electron chi connectivity index (χ2n) is 8.26.